The minimum Gasteiger partial charge on any atom is -0.334 e. The van der Waals surface area contributed by atoms with Gasteiger partial charge in [0.05, 0.1) is 10.6 Å². The number of nitrogens with zero attached hydrogens (tertiary/aromatic N) is 2. The Morgan fingerprint density at radius 2 is 2.11 bits per heavy atom. The maximum Gasteiger partial charge on any atom is 0.259 e. The van der Waals surface area contributed by atoms with Crippen molar-refractivity contribution >= 4 is 11.6 Å². The van der Waals surface area contributed by atoms with Crippen LogP contribution in [0.4, 0.5) is 4.39 Å². The summed E-state index contributed by atoms with van der Waals surface area (Å²) in [4.78, 5) is 4.38. The molecule has 19 heavy (non-hydrogen) atoms. The fourth-order valence-electron chi connectivity index (χ4n) is 2.25. The minimum atomic E-state index is -0.383. The van der Waals surface area contributed by atoms with Gasteiger partial charge in [-0.25, -0.2) is 4.39 Å². The molecule has 4 nitrogen and oxygen atoms in total. The average Bonchev–Trinajstić information content (AvgIpc) is 2.89. The fraction of sp³-hybridized carbons (Fsp3) is 0.385. The number of hydrogen-bond acceptors (Lipinski definition) is 4. The topological polar surface area (TPSA) is 51.0 Å². The van der Waals surface area contributed by atoms with Crippen LogP contribution in [0.2, 0.25) is 5.02 Å². The van der Waals surface area contributed by atoms with Crippen molar-refractivity contribution in [1.82, 2.24) is 15.5 Å². The van der Waals surface area contributed by atoms with Gasteiger partial charge in [-0.15, -0.1) is 0 Å². The molecule has 1 fully saturated rings. The zero-order valence-electron chi connectivity index (χ0n) is 10.2. The fourth-order valence-corrected chi connectivity index (χ4v) is 2.50. The van der Waals surface area contributed by atoms with Crippen LogP contribution in [0.5, 0.6) is 0 Å². The first-order valence-corrected chi connectivity index (χ1v) is 6.61. The molecule has 0 bridgehead atoms. The standard InChI is InChI=1S/C13H13ClFN3O/c14-11-7-9(15)1-2-10(11)13-17-12(18-19-13)8-3-5-16-6-4-8/h1-2,7-8,16H,3-6H2. The molecule has 1 N–H and O–H groups in total. The van der Waals surface area contributed by atoms with Crippen molar-refractivity contribution in [3.05, 3.63) is 34.9 Å². The predicted octanol–water partition coefficient (Wildman–Crippen LogP) is 3.00. The number of hydrogen-bond donors (Lipinski definition) is 1. The molecule has 1 aromatic heterocycles. The van der Waals surface area contributed by atoms with Gasteiger partial charge in [0.25, 0.3) is 5.89 Å². The van der Waals surface area contributed by atoms with Gasteiger partial charge in [0.2, 0.25) is 0 Å². The van der Waals surface area contributed by atoms with E-state index >= 15 is 0 Å². The molecule has 0 atom stereocenters. The SMILES string of the molecule is Fc1ccc(-c2nc(C3CCNCC3)no2)c(Cl)c1. The number of benzene rings is 1. The van der Waals surface area contributed by atoms with Gasteiger partial charge in [0, 0.05) is 5.92 Å². The summed E-state index contributed by atoms with van der Waals surface area (Å²) in [5.74, 6) is 0.986. The molecule has 2 aromatic rings. The zero-order chi connectivity index (χ0) is 13.2. The van der Waals surface area contributed by atoms with Gasteiger partial charge in [-0.2, -0.15) is 4.98 Å². The molecule has 100 valence electrons. The highest BCUT2D eigenvalue weighted by Gasteiger charge is 2.21. The summed E-state index contributed by atoms with van der Waals surface area (Å²) in [6.45, 7) is 1.93. The summed E-state index contributed by atoms with van der Waals surface area (Å²) in [6, 6.07) is 4.12. The van der Waals surface area contributed by atoms with E-state index in [4.69, 9.17) is 16.1 Å². The summed E-state index contributed by atoms with van der Waals surface area (Å²) >= 11 is 5.98. The molecular formula is C13H13ClFN3O. The van der Waals surface area contributed by atoms with Crippen LogP contribution in [0.15, 0.2) is 22.7 Å². The van der Waals surface area contributed by atoms with Gasteiger partial charge in [-0.3, -0.25) is 0 Å². The molecule has 1 aromatic carbocycles. The lowest BCUT2D eigenvalue weighted by Crippen LogP contribution is -2.27. The lowest BCUT2D eigenvalue weighted by molar-refractivity contribution is 0.392. The van der Waals surface area contributed by atoms with E-state index in [0.717, 1.165) is 25.9 Å². The smallest absolute Gasteiger partial charge is 0.259 e. The molecule has 0 radical (unpaired) electrons. The lowest BCUT2D eigenvalue weighted by Gasteiger charge is -2.18. The van der Waals surface area contributed by atoms with Gasteiger partial charge in [-0.1, -0.05) is 16.8 Å². The number of rotatable bonds is 2. The molecule has 1 saturated heterocycles. The largest absolute Gasteiger partial charge is 0.334 e. The Labute approximate surface area is 115 Å². The highest BCUT2D eigenvalue weighted by atomic mass is 35.5. The molecule has 1 aliphatic rings. The van der Waals surface area contributed by atoms with Gasteiger partial charge >= 0.3 is 0 Å². The van der Waals surface area contributed by atoms with Crippen LogP contribution in [-0.4, -0.2) is 23.2 Å². The van der Waals surface area contributed by atoms with Crippen LogP contribution in [-0.2, 0) is 0 Å². The number of halogens is 2. The lowest BCUT2D eigenvalue weighted by atomic mass is 9.98. The van der Waals surface area contributed by atoms with Crippen molar-refractivity contribution in [2.45, 2.75) is 18.8 Å². The monoisotopic (exact) mass is 281 g/mol. The molecule has 3 rings (SSSR count). The van der Waals surface area contributed by atoms with Crippen LogP contribution in [0.3, 0.4) is 0 Å². The molecule has 0 amide bonds. The van der Waals surface area contributed by atoms with Gasteiger partial charge in [0.1, 0.15) is 5.82 Å². The Morgan fingerprint density at radius 1 is 1.32 bits per heavy atom. The van der Waals surface area contributed by atoms with E-state index in [0.29, 0.717) is 23.2 Å². The first-order chi connectivity index (χ1) is 9.24. The first kappa shape index (κ1) is 12.6. The molecule has 0 aliphatic carbocycles. The third-order valence-corrected chi connectivity index (χ3v) is 3.62. The van der Waals surface area contributed by atoms with Crippen molar-refractivity contribution in [3.63, 3.8) is 0 Å². The Hall–Kier alpha value is -1.46. The van der Waals surface area contributed by atoms with Crippen LogP contribution in [0.1, 0.15) is 24.6 Å². The van der Waals surface area contributed by atoms with E-state index in [-0.39, 0.29) is 10.8 Å². The third kappa shape index (κ3) is 2.62. The second-order valence-corrected chi connectivity index (χ2v) is 5.01. The summed E-state index contributed by atoms with van der Waals surface area (Å²) in [6.07, 6.45) is 1.99. The van der Waals surface area contributed by atoms with Gasteiger partial charge in [0.15, 0.2) is 5.82 Å². The van der Waals surface area contributed by atoms with E-state index < -0.39 is 0 Å². The van der Waals surface area contributed by atoms with E-state index in [1.54, 1.807) is 6.07 Å². The van der Waals surface area contributed by atoms with E-state index in [9.17, 15) is 4.39 Å². The summed E-state index contributed by atoms with van der Waals surface area (Å²) in [5.41, 5.74) is 0.566. The van der Waals surface area contributed by atoms with Crippen molar-refractivity contribution in [3.8, 4) is 11.5 Å². The molecule has 2 heterocycles. The first-order valence-electron chi connectivity index (χ1n) is 6.24. The quantitative estimate of drug-likeness (QED) is 0.919. The molecular weight excluding hydrogens is 269 g/mol. The number of nitrogens with one attached hydrogen (secondary N) is 1. The highest BCUT2D eigenvalue weighted by molar-refractivity contribution is 6.33. The van der Waals surface area contributed by atoms with Crippen molar-refractivity contribution < 1.29 is 8.91 Å². The number of piperidine rings is 1. The van der Waals surface area contributed by atoms with E-state index in [1.165, 1.54) is 12.1 Å². The third-order valence-electron chi connectivity index (χ3n) is 3.31. The summed E-state index contributed by atoms with van der Waals surface area (Å²) in [7, 11) is 0. The Bertz CT molecular complexity index is 581. The maximum atomic E-state index is 13.0. The summed E-state index contributed by atoms with van der Waals surface area (Å²) < 4.78 is 18.2. The Balaban J connectivity index is 1.87. The molecule has 0 unspecified atom stereocenters. The average molecular weight is 282 g/mol. The van der Waals surface area contributed by atoms with E-state index in [1.807, 2.05) is 0 Å². The normalized spacial score (nSPS) is 16.7. The zero-order valence-corrected chi connectivity index (χ0v) is 11.0. The minimum absolute atomic E-state index is 0.278. The Kier molecular flexibility index (Phi) is 3.48. The van der Waals surface area contributed by atoms with E-state index in [2.05, 4.69) is 15.5 Å². The molecule has 1 aliphatic heterocycles. The molecule has 6 heteroatoms. The number of aromatic nitrogens is 2. The van der Waals surface area contributed by atoms with Crippen LogP contribution in [0, 0.1) is 5.82 Å². The van der Waals surface area contributed by atoms with Crippen molar-refractivity contribution in [1.29, 1.82) is 0 Å². The van der Waals surface area contributed by atoms with Gasteiger partial charge in [-0.05, 0) is 44.1 Å². The highest BCUT2D eigenvalue weighted by Crippen LogP contribution is 2.29. The summed E-state index contributed by atoms with van der Waals surface area (Å²) in [5, 5.41) is 7.58. The molecule has 0 spiro atoms. The van der Waals surface area contributed by atoms with Crippen molar-refractivity contribution in [2.24, 2.45) is 0 Å². The molecule has 0 saturated carbocycles. The second kappa shape index (κ2) is 5.27. The van der Waals surface area contributed by atoms with Crippen LogP contribution < -0.4 is 5.32 Å². The maximum absolute atomic E-state index is 13.0. The van der Waals surface area contributed by atoms with Gasteiger partial charge < -0.3 is 9.84 Å². The Morgan fingerprint density at radius 3 is 2.84 bits per heavy atom. The van der Waals surface area contributed by atoms with Crippen LogP contribution in [0.25, 0.3) is 11.5 Å². The second-order valence-electron chi connectivity index (χ2n) is 4.61. The van der Waals surface area contributed by atoms with Crippen LogP contribution >= 0.6 is 11.6 Å². The van der Waals surface area contributed by atoms with Crippen molar-refractivity contribution in [2.75, 3.05) is 13.1 Å². The predicted molar refractivity (Wildman–Crippen MR) is 69.5 cm³/mol.